The van der Waals surface area contributed by atoms with Gasteiger partial charge in [0, 0.05) is 30.5 Å². The van der Waals surface area contributed by atoms with E-state index in [0.717, 1.165) is 22.0 Å². The van der Waals surface area contributed by atoms with E-state index in [1.54, 1.807) is 17.9 Å². The van der Waals surface area contributed by atoms with Gasteiger partial charge in [-0.25, -0.2) is 0 Å². The predicted molar refractivity (Wildman–Crippen MR) is 71.8 cm³/mol. The average molecular weight is 315 g/mol. The Morgan fingerprint density at radius 3 is 2.55 bits per heavy atom. The lowest BCUT2D eigenvalue weighted by atomic mass is 10.2. The van der Waals surface area contributed by atoms with Gasteiger partial charge >= 0.3 is 6.18 Å². The summed E-state index contributed by atoms with van der Waals surface area (Å²) in [6.07, 6.45) is -2.88. The Balaban J connectivity index is 1.98. The SMILES string of the molecule is Cc1c(CNC(=O)Cn2nc(C(F)(F)F)cc2C)cnn1C. The topological polar surface area (TPSA) is 64.7 Å². The predicted octanol–water partition coefficient (Wildman–Crippen LogP) is 1.57. The van der Waals surface area contributed by atoms with E-state index in [1.165, 1.54) is 6.92 Å². The molecule has 2 aromatic heterocycles. The summed E-state index contributed by atoms with van der Waals surface area (Å²) < 4.78 is 40.4. The van der Waals surface area contributed by atoms with Crippen molar-refractivity contribution in [3.63, 3.8) is 0 Å². The molecule has 2 heterocycles. The van der Waals surface area contributed by atoms with Crippen molar-refractivity contribution >= 4 is 5.91 Å². The summed E-state index contributed by atoms with van der Waals surface area (Å²) in [4.78, 5) is 11.8. The standard InChI is InChI=1S/C13H16F3N5O/c1-8-4-11(13(14,15)16)19-21(8)7-12(22)17-5-10-6-18-20(3)9(10)2/h4,6H,5,7H2,1-3H3,(H,17,22). The van der Waals surface area contributed by atoms with Crippen LogP contribution in [0.4, 0.5) is 13.2 Å². The highest BCUT2D eigenvalue weighted by Crippen LogP contribution is 2.28. The maximum Gasteiger partial charge on any atom is 0.435 e. The zero-order valence-electron chi connectivity index (χ0n) is 12.4. The van der Waals surface area contributed by atoms with Crippen LogP contribution in [0.1, 0.15) is 22.6 Å². The number of hydrogen-bond donors (Lipinski definition) is 1. The van der Waals surface area contributed by atoms with Gasteiger partial charge in [0.15, 0.2) is 5.69 Å². The molecule has 22 heavy (non-hydrogen) atoms. The van der Waals surface area contributed by atoms with Crippen LogP contribution in [-0.2, 0) is 31.1 Å². The van der Waals surface area contributed by atoms with Crippen LogP contribution in [0.3, 0.4) is 0 Å². The Bertz CT molecular complexity index is 686. The first-order valence-electron chi connectivity index (χ1n) is 6.54. The van der Waals surface area contributed by atoms with Crippen molar-refractivity contribution in [1.82, 2.24) is 24.9 Å². The number of rotatable bonds is 4. The van der Waals surface area contributed by atoms with Gasteiger partial charge in [0.25, 0.3) is 0 Å². The molecule has 0 aliphatic heterocycles. The summed E-state index contributed by atoms with van der Waals surface area (Å²) in [5.41, 5.74) is 1.04. The number of aromatic nitrogens is 4. The molecule has 2 aromatic rings. The van der Waals surface area contributed by atoms with E-state index in [2.05, 4.69) is 15.5 Å². The van der Waals surface area contributed by atoms with Crippen LogP contribution in [0.15, 0.2) is 12.3 Å². The largest absolute Gasteiger partial charge is 0.435 e. The van der Waals surface area contributed by atoms with Crippen molar-refractivity contribution in [1.29, 1.82) is 0 Å². The van der Waals surface area contributed by atoms with Crippen LogP contribution in [0.2, 0.25) is 0 Å². The fourth-order valence-electron chi connectivity index (χ4n) is 1.91. The molecule has 2 rings (SSSR count). The molecule has 120 valence electrons. The van der Waals surface area contributed by atoms with Gasteiger partial charge in [0.2, 0.25) is 5.91 Å². The maximum absolute atomic E-state index is 12.5. The number of nitrogens with zero attached hydrogens (tertiary/aromatic N) is 4. The molecule has 1 amide bonds. The Morgan fingerprint density at radius 1 is 1.36 bits per heavy atom. The number of aryl methyl sites for hydroxylation is 2. The van der Waals surface area contributed by atoms with Gasteiger partial charge in [-0.3, -0.25) is 14.2 Å². The van der Waals surface area contributed by atoms with Crippen molar-refractivity contribution in [2.24, 2.45) is 7.05 Å². The van der Waals surface area contributed by atoms with Crippen LogP contribution in [0.5, 0.6) is 0 Å². The number of carbonyl (C=O) groups excluding carboxylic acids is 1. The summed E-state index contributed by atoms with van der Waals surface area (Å²) in [6, 6.07) is 0.915. The second-order valence-corrected chi connectivity index (χ2v) is 4.98. The van der Waals surface area contributed by atoms with Crippen LogP contribution >= 0.6 is 0 Å². The van der Waals surface area contributed by atoms with Gasteiger partial charge in [-0.05, 0) is 19.9 Å². The monoisotopic (exact) mass is 315 g/mol. The third-order valence-electron chi connectivity index (χ3n) is 3.38. The van der Waals surface area contributed by atoms with E-state index < -0.39 is 17.8 Å². The van der Waals surface area contributed by atoms with Crippen LogP contribution < -0.4 is 5.32 Å². The molecule has 6 nitrogen and oxygen atoms in total. The van der Waals surface area contributed by atoms with E-state index in [9.17, 15) is 18.0 Å². The normalized spacial score (nSPS) is 11.7. The van der Waals surface area contributed by atoms with Crippen molar-refractivity contribution < 1.29 is 18.0 Å². The summed E-state index contributed by atoms with van der Waals surface area (Å²) in [6.45, 7) is 3.34. The Labute approximate surface area is 124 Å². The number of alkyl halides is 3. The number of carbonyl (C=O) groups is 1. The lowest BCUT2D eigenvalue weighted by Crippen LogP contribution is -2.28. The molecule has 0 saturated heterocycles. The third-order valence-corrected chi connectivity index (χ3v) is 3.38. The fourth-order valence-corrected chi connectivity index (χ4v) is 1.91. The maximum atomic E-state index is 12.5. The Hall–Kier alpha value is -2.32. The second kappa shape index (κ2) is 5.82. The van der Waals surface area contributed by atoms with Crippen molar-refractivity contribution in [2.45, 2.75) is 33.1 Å². The highest BCUT2D eigenvalue weighted by Gasteiger charge is 2.34. The molecular weight excluding hydrogens is 299 g/mol. The second-order valence-electron chi connectivity index (χ2n) is 4.98. The molecule has 0 spiro atoms. The van der Waals surface area contributed by atoms with Gasteiger partial charge in [-0.1, -0.05) is 0 Å². The fraction of sp³-hybridized carbons (Fsp3) is 0.462. The summed E-state index contributed by atoms with van der Waals surface area (Å²) >= 11 is 0. The molecule has 0 aromatic carbocycles. The Kier molecular flexibility index (Phi) is 4.25. The molecular formula is C13H16F3N5O. The van der Waals surface area contributed by atoms with Gasteiger partial charge in [-0.15, -0.1) is 0 Å². The lowest BCUT2D eigenvalue weighted by Gasteiger charge is -2.07. The minimum atomic E-state index is -4.51. The van der Waals surface area contributed by atoms with Crippen molar-refractivity contribution in [3.05, 3.63) is 34.9 Å². The first-order chi connectivity index (χ1) is 10.2. The van der Waals surface area contributed by atoms with E-state index in [1.807, 2.05) is 6.92 Å². The number of amides is 1. The number of nitrogens with one attached hydrogen (secondary N) is 1. The molecule has 0 bridgehead atoms. The summed E-state index contributed by atoms with van der Waals surface area (Å²) in [5.74, 6) is -0.414. The van der Waals surface area contributed by atoms with E-state index in [0.29, 0.717) is 0 Å². The quantitative estimate of drug-likeness (QED) is 0.931. The third kappa shape index (κ3) is 3.46. The lowest BCUT2D eigenvalue weighted by molar-refractivity contribution is -0.141. The van der Waals surface area contributed by atoms with Gasteiger partial charge < -0.3 is 5.32 Å². The zero-order chi connectivity index (χ0) is 16.5. The van der Waals surface area contributed by atoms with Gasteiger partial charge in [-0.2, -0.15) is 23.4 Å². The van der Waals surface area contributed by atoms with Crippen molar-refractivity contribution in [2.75, 3.05) is 0 Å². The summed E-state index contributed by atoms with van der Waals surface area (Å²) in [7, 11) is 1.78. The average Bonchev–Trinajstić information content (AvgIpc) is 2.93. The first-order valence-corrected chi connectivity index (χ1v) is 6.54. The van der Waals surface area contributed by atoms with Crippen LogP contribution in [-0.4, -0.2) is 25.5 Å². The minimum absolute atomic E-state index is 0.263. The Morgan fingerprint density at radius 2 is 2.05 bits per heavy atom. The molecule has 0 saturated carbocycles. The molecule has 0 atom stereocenters. The summed E-state index contributed by atoms with van der Waals surface area (Å²) in [5, 5.41) is 10.1. The molecule has 1 N–H and O–H groups in total. The van der Waals surface area contributed by atoms with Gasteiger partial charge in [0.1, 0.15) is 6.54 Å². The first kappa shape index (κ1) is 16.1. The van der Waals surface area contributed by atoms with Crippen molar-refractivity contribution in [3.8, 4) is 0 Å². The highest BCUT2D eigenvalue weighted by atomic mass is 19.4. The molecule has 0 fully saturated rings. The molecule has 0 radical (unpaired) electrons. The highest BCUT2D eigenvalue weighted by molar-refractivity contribution is 5.75. The molecule has 0 unspecified atom stereocenters. The number of halogens is 3. The van der Waals surface area contributed by atoms with E-state index in [-0.39, 0.29) is 18.8 Å². The zero-order valence-corrected chi connectivity index (χ0v) is 12.4. The van der Waals surface area contributed by atoms with Gasteiger partial charge in [0.05, 0.1) is 6.20 Å². The molecule has 0 aliphatic rings. The number of hydrogen-bond acceptors (Lipinski definition) is 3. The van der Waals surface area contributed by atoms with Crippen LogP contribution in [0, 0.1) is 13.8 Å². The molecule has 9 heteroatoms. The minimum Gasteiger partial charge on any atom is -0.350 e. The van der Waals surface area contributed by atoms with E-state index >= 15 is 0 Å². The smallest absolute Gasteiger partial charge is 0.350 e. The van der Waals surface area contributed by atoms with Crippen LogP contribution in [0.25, 0.3) is 0 Å². The molecule has 0 aliphatic carbocycles. The van der Waals surface area contributed by atoms with E-state index in [4.69, 9.17) is 0 Å².